The van der Waals surface area contributed by atoms with Crippen molar-refractivity contribution < 1.29 is 4.39 Å². The van der Waals surface area contributed by atoms with Gasteiger partial charge >= 0.3 is 0 Å². The number of halogens is 3. The average Bonchev–Trinajstić information content (AvgIpc) is 2.42. The lowest BCUT2D eigenvalue weighted by Crippen LogP contribution is -2.23. The van der Waals surface area contributed by atoms with E-state index in [0.717, 1.165) is 10.0 Å². The van der Waals surface area contributed by atoms with E-state index < -0.39 is 0 Å². The van der Waals surface area contributed by atoms with Crippen LogP contribution in [0, 0.1) is 5.82 Å². The highest BCUT2D eigenvalue weighted by atomic mass is 79.9. The van der Waals surface area contributed by atoms with Gasteiger partial charge in [0.05, 0.1) is 0 Å². The lowest BCUT2D eigenvalue weighted by Gasteiger charge is -2.21. The molecule has 2 aromatic carbocycles. The molecule has 2 rings (SSSR count). The molecule has 0 aliphatic carbocycles. The highest BCUT2D eigenvalue weighted by molar-refractivity contribution is 9.10. The second-order valence-electron chi connectivity index (χ2n) is 4.83. The fourth-order valence-corrected chi connectivity index (χ4v) is 2.66. The number of hydrogen-bond acceptors (Lipinski definition) is 1. The van der Waals surface area contributed by atoms with Crippen molar-refractivity contribution in [2.75, 3.05) is 0 Å². The van der Waals surface area contributed by atoms with E-state index in [1.807, 2.05) is 37.3 Å². The van der Waals surface area contributed by atoms with E-state index in [2.05, 4.69) is 28.2 Å². The van der Waals surface area contributed by atoms with Crippen LogP contribution in [0.25, 0.3) is 0 Å². The molecular weight excluding hydrogens is 341 g/mol. The van der Waals surface area contributed by atoms with Crippen LogP contribution in [-0.4, -0.2) is 0 Å². The maximum Gasteiger partial charge on any atom is 0.128 e. The summed E-state index contributed by atoms with van der Waals surface area (Å²) in [5.74, 6) is -0.198. The zero-order chi connectivity index (χ0) is 14.7. The summed E-state index contributed by atoms with van der Waals surface area (Å²) >= 11 is 9.26. The van der Waals surface area contributed by atoms with Gasteiger partial charge < -0.3 is 5.32 Å². The SMILES string of the molecule is CC(N[C@H](C)c1ccc(Cl)cc1)c1cc(Br)ccc1F. The third-order valence-electron chi connectivity index (χ3n) is 3.29. The smallest absolute Gasteiger partial charge is 0.128 e. The molecule has 0 aliphatic heterocycles. The van der Waals surface area contributed by atoms with Gasteiger partial charge in [0, 0.05) is 27.1 Å². The normalized spacial score (nSPS) is 14.1. The first-order valence-corrected chi connectivity index (χ1v) is 7.61. The molecule has 1 N–H and O–H groups in total. The summed E-state index contributed by atoms with van der Waals surface area (Å²) in [5, 5.41) is 4.11. The Morgan fingerprint density at radius 1 is 1.05 bits per heavy atom. The van der Waals surface area contributed by atoms with Crippen molar-refractivity contribution in [1.29, 1.82) is 0 Å². The van der Waals surface area contributed by atoms with E-state index in [1.54, 1.807) is 6.07 Å². The maximum absolute atomic E-state index is 13.8. The second-order valence-corrected chi connectivity index (χ2v) is 6.18. The van der Waals surface area contributed by atoms with Gasteiger partial charge in [0.1, 0.15) is 5.82 Å². The molecule has 2 atom stereocenters. The molecule has 1 nitrogen and oxygen atoms in total. The van der Waals surface area contributed by atoms with Crippen molar-refractivity contribution in [3.8, 4) is 0 Å². The van der Waals surface area contributed by atoms with E-state index >= 15 is 0 Å². The molecule has 0 radical (unpaired) electrons. The van der Waals surface area contributed by atoms with Crippen LogP contribution in [0.3, 0.4) is 0 Å². The van der Waals surface area contributed by atoms with E-state index in [9.17, 15) is 4.39 Å². The van der Waals surface area contributed by atoms with Crippen LogP contribution in [0.1, 0.15) is 37.1 Å². The van der Waals surface area contributed by atoms with E-state index in [0.29, 0.717) is 10.6 Å². The lowest BCUT2D eigenvalue weighted by molar-refractivity contribution is 0.474. The van der Waals surface area contributed by atoms with Crippen LogP contribution in [0.5, 0.6) is 0 Å². The molecule has 0 saturated carbocycles. The van der Waals surface area contributed by atoms with Crippen LogP contribution < -0.4 is 5.32 Å². The minimum atomic E-state index is -0.198. The summed E-state index contributed by atoms with van der Waals surface area (Å²) in [6.45, 7) is 4.01. The lowest BCUT2D eigenvalue weighted by atomic mass is 10.0. The molecule has 0 aromatic heterocycles. The molecule has 0 saturated heterocycles. The standard InChI is InChI=1S/C16H16BrClFN/c1-10(12-3-6-14(18)7-4-12)20-11(2)15-9-13(17)5-8-16(15)19/h3-11,20H,1-2H3/t10-,11?/m1/s1. The van der Waals surface area contributed by atoms with E-state index in [1.165, 1.54) is 6.07 Å². The van der Waals surface area contributed by atoms with Crippen LogP contribution in [0.2, 0.25) is 5.02 Å². The summed E-state index contributed by atoms with van der Waals surface area (Å²) in [6, 6.07) is 12.7. The Morgan fingerprint density at radius 3 is 2.35 bits per heavy atom. The molecule has 106 valence electrons. The molecular formula is C16H16BrClFN. The molecule has 0 heterocycles. The fourth-order valence-electron chi connectivity index (χ4n) is 2.16. The van der Waals surface area contributed by atoms with E-state index in [4.69, 9.17) is 11.6 Å². The van der Waals surface area contributed by atoms with Gasteiger partial charge in [-0.1, -0.05) is 39.7 Å². The molecule has 0 spiro atoms. The minimum Gasteiger partial charge on any atom is -0.304 e. The highest BCUT2D eigenvalue weighted by Gasteiger charge is 2.14. The first kappa shape index (κ1) is 15.5. The van der Waals surface area contributed by atoms with Gasteiger partial charge in [0.15, 0.2) is 0 Å². The van der Waals surface area contributed by atoms with Gasteiger partial charge in [0.2, 0.25) is 0 Å². The Kier molecular flexibility index (Phi) is 5.19. The van der Waals surface area contributed by atoms with Crippen LogP contribution >= 0.6 is 27.5 Å². The first-order chi connectivity index (χ1) is 9.47. The summed E-state index contributed by atoms with van der Waals surface area (Å²) in [4.78, 5) is 0. The summed E-state index contributed by atoms with van der Waals surface area (Å²) in [7, 11) is 0. The topological polar surface area (TPSA) is 12.0 Å². The molecule has 1 unspecified atom stereocenters. The van der Waals surface area contributed by atoms with Crippen molar-refractivity contribution in [2.45, 2.75) is 25.9 Å². The van der Waals surface area contributed by atoms with Gasteiger partial charge in [-0.2, -0.15) is 0 Å². The summed E-state index contributed by atoms with van der Waals surface area (Å²) in [5.41, 5.74) is 1.77. The average molecular weight is 357 g/mol. The Morgan fingerprint density at radius 2 is 1.70 bits per heavy atom. The summed E-state index contributed by atoms with van der Waals surface area (Å²) < 4.78 is 14.7. The van der Waals surface area contributed by atoms with Crippen LogP contribution in [0.4, 0.5) is 4.39 Å². The Labute approximate surface area is 132 Å². The monoisotopic (exact) mass is 355 g/mol. The molecule has 0 bridgehead atoms. The van der Waals surface area contributed by atoms with Crippen molar-refractivity contribution >= 4 is 27.5 Å². The Bertz CT molecular complexity index is 586. The number of nitrogens with one attached hydrogen (secondary N) is 1. The van der Waals surface area contributed by atoms with Gasteiger partial charge in [-0.3, -0.25) is 0 Å². The van der Waals surface area contributed by atoms with Gasteiger partial charge in [-0.25, -0.2) is 4.39 Å². The first-order valence-electron chi connectivity index (χ1n) is 6.44. The minimum absolute atomic E-state index is 0.0850. The Balaban J connectivity index is 2.12. The van der Waals surface area contributed by atoms with Gasteiger partial charge in [0.25, 0.3) is 0 Å². The zero-order valence-electron chi connectivity index (χ0n) is 11.3. The second kappa shape index (κ2) is 6.70. The van der Waals surface area contributed by atoms with Crippen molar-refractivity contribution in [2.24, 2.45) is 0 Å². The molecule has 2 aromatic rings. The van der Waals surface area contributed by atoms with Crippen LogP contribution in [0.15, 0.2) is 46.9 Å². The number of hydrogen-bond donors (Lipinski definition) is 1. The number of benzene rings is 2. The highest BCUT2D eigenvalue weighted by Crippen LogP contribution is 2.25. The zero-order valence-corrected chi connectivity index (χ0v) is 13.7. The summed E-state index contributed by atoms with van der Waals surface area (Å²) in [6.07, 6.45) is 0. The predicted molar refractivity (Wildman–Crippen MR) is 85.5 cm³/mol. The molecule has 20 heavy (non-hydrogen) atoms. The quantitative estimate of drug-likeness (QED) is 0.746. The third kappa shape index (κ3) is 3.81. The van der Waals surface area contributed by atoms with Crippen molar-refractivity contribution in [3.05, 3.63) is 68.9 Å². The van der Waals surface area contributed by atoms with Crippen molar-refractivity contribution in [3.63, 3.8) is 0 Å². The Hall–Kier alpha value is -0.900. The molecule has 0 amide bonds. The molecule has 0 fully saturated rings. The van der Waals surface area contributed by atoms with Crippen LogP contribution in [-0.2, 0) is 0 Å². The van der Waals surface area contributed by atoms with Crippen molar-refractivity contribution in [1.82, 2.24) is 5.32 Å². The molecule has 4 heteroatoms. The van der Waals surface area contributed by atoms with Gasteiger partial charge in [-0.05, 0) is 49.7 Å². The number of rotatable bonds is 4. The maximum atomic E-state index is 13.8. The fraction of sp³-hybridized carbons (Fsp3) is 0.250. The predicted octanol–water partition coefficient (Wildman–Crippen LogP) is 5.65. The third-order valence-corrected chi connectivity index (χ3v) is 4.04. The van der Waals surface area contributed by atoms with E-state index in [-0.39, 0.29) is 17.9 Å². The van der Waals surface area contributed by atoms with Gasteiger partial charge in [-0.15, -0.1) is 0 Å². The largest absolute Gasteiger partial charge is 0.304 e. The molecule has 0 aliphatic rings.